The number of amides is 3. The van der Waals surface area contributed by atoms with Crippen molar-refractivity contribution in [1.29, 1.82) is 0 Å². The van der Waals surface area contributed by atoms with Crippen molar-refractivity contribution in [3.63, 3.8) is 0 Å². The van der Waals surface area contributed by atoms with Crippen LogP contribution in [0.2, 0.25) is 0 Å². The normalized spacial score (nSPS) is 10.1. The lowest BCUT2D eigenvalue weighted by Gasteiger charge is -2.23. The molecule has 3 amide bonds. The van der Waals surface area contributed by atoms with Crippen molar-refractivity contribution in [2.24, 2.45) is 0 Å². The molecule has 0 aromatic heterocycles. The number of carbonyl (C=O) groups excluding carboxylic acids is 4. The van der Waals surface area contributed by atoms with E-state index in [4.69, 9.17) is 4.74 Å². The first-order chi connectivity index (χ1) is 12.8. The maximum atomic E-state index is 12.0. The standard InChI is InChI=1S/C19H27N3O5/c1-5-22(6-2)17(24)12-21(4)18(25)13-27-19(26)11-15-7-9-16(10-8-15)20-14(3)23/h7-10H,5-6,11-13H2,1-4H3,(H,20,23). The molecule has 0 bridgehead atoms. The van der Waals surface area contributed by atoms with Gasteiger partial charge in [-0.2, -0.15) is 0 Å². The molecule has 1 aromatic rings. The average Bonchev–Trinajstić information content (AvgIpc) is 2.61. The molecule has 0 atom stereocenters. The second kappa shape index (κ2) is 10.9. The van der Waals surface area contributed by atoms with Crippen LogP contribution in [0.1, 0.15) is 26.3 Å². The number of nitrogens with zero attached hydrogens (tertiary/aromatic N) is 2. The van der Waals surface area contributed by atoms with Gasteiger partial charge in [0.15, 0.2) is 6.61 Å². The van der Waals surface area contributed by atoms with Gasteiger partial charge in [-0.25, -0.2) is 0 Å². The molecular formula is C19H27N3O5. The van der Waals surface area contributed by atoms with Gasteiger partial charge < -0.3 is 19.9 Å². The van der Waals surface area contributed by atoms with Gasteiger partial charge in [0.25, 0.3) is 5.91 Å². The number of nitrogens with one attached hydrogen (secondary N) is 1. The third-order valence-electron chi connectivity index (χ3n) is 3.89. The molecule has 0 fully saturated rings. The Morgan fingerprint density at radius 1 is 1.00 bits per heavy atom. The summed E-state index contributed by atoms with van der Waals surface area (Å²) in [5.41, 5.74) is 1.33. The summed E-state index contributed by atoms with van der Waals surface area (Å²) < 4.78 is 4.99. The van der Waals surface area contributed by atoms with E-state index in [1.807, 2.05) is 13.8 Å². The van der Waals surface area contributed by atoms with Crippen LogP contribution in [0, 0.1) is 0 Å². The van der Waals surface area contributed by atoms with Gasteiger partial charge in [-0.05, 0) is 31.5 Å². The third-order valence-corrected chi connectivity index (χ3v) is 3.89. The van der Waals surface area contributed by atoms with Crippen molar-refractivity contribution < 1.29 is 23.9 Å². The van der Waals surface area contributed by atoms with Gasteiger partial charge in [0, 0.05) is 32.7 Å². The highest BCUT2D eigenvalue weighted by Crippen LogP contribution is 2.10. The predicted molar refractivity (Wildman–Crippen MR) is 101 cm³/mol. The number of benzene rings is 1. The lowest BCUT2D eigenvalue weighted by atomic mass is 10.1. The molecule has 0 aliphatic rings. The van der Waals surface area contributed by atoms with Crippen molar-refractivity contribution in [3.8, 4) is 0 Å². The molecule has 0 saturated carbocycles. The van der Waals surface area contributed by atoms with Crippen LogP contribution in [0.5, 0.6) is 0 Å². The Bertz CT molecular complexity index is 668. The molecule has 0 unspecified atom stereocenters. The van der Waals surface area contributed by atoms with Gasteiger partial charge in [-0.1, -0.05) is 12.1 Å². The van der Waals surface area contributed by atoms with E-state index in [0.29, 0.717) is 24.3 Å². The summed E-state index contributed by atoms with van der Waals surface area (Å²) in [6.07, 6.45) is 0.00965. The Morgan fingerprint density at radius 2 is 1.59 bits per heavy atom. The number of ether oxygens (including phenoxy) is 1. The lowest BCUT2D eigenvalue weighted by Crippen LogP contribution is -2.42. The third kappa shape index (κ3) is 7.89. The molecule has 0 aliphatic heterocycles. The minimum atomic E-state index is -0.543. The van der Waals surface area contributed by atoms with Crippen LogP contribution in [-0.2, 0) is 30.3 Å². The summed E-state index contributed by atoms with van der Waals surface area (Å²) in [6, 6.07) is 6.76. The summed E-state index contributed by atoms with van der Waals surface area (Å²) in [5.74, 6) is -1.31. The first-order valence-electron chi connectivity index (χ1n) is 8.80. The van der Waals surface area contributed by atoms with Crippen molar-refractivity contribution in [2.45, 2.75) is 27.2 Å². The summed E-state index contributed by atoms with van der Waals surface area (Å²) in [6.45, 7) is 5.84. The average molecular weight is 377 g/mol. The van der Waals surface area contributed by atoms with E-state index in [1.54, 1.807) is 29.2 Å². The zero-order chi connectivity index (χ0) is 20.4. The molecule has 1 rings (SSSR count). The number of esters is 1. The monoisotopic (exact) mass is 377 g/mol. The lowest BCUT2D eigenvalue weighted by molar-refractivity contribution is -0.152. The van der Waals surface area contributed by atoms with Gasteiger partial charge in [-0.15, -0.1) is 0 Å². The Hall–Kier alpha value is -2.90. The van der Waals surface area contributed by atoms with Crippen LogP contribution in [0.25, 0.3) is 0 Å². The minimum absolute atomic E-state index is 0.00965. The van der Waals surface area contributed by atoms with Gasteiger partial charge >= 0.3 is 5.97 Å². The summed E-state index contributed by atoms with van der Waals surface area (Å²) >= 11 is 0. The smallest absolute Gasteiger partial charge is 0.310 e. The number of hydrogen-bond acceptors (Lipinski definition) is 5. The molecule has 8 heteroatoms. The second-order valence-electron chi connectivity index (χ2n) is 6.03. The Balaban J connectivity index is 2.43. The predicted octanol–water partition coefficient (Wildman–Crippen LogP) is 1.06. The number of likely N-dealkylation sites (N-methyl/N-ethyl adjacent to an activating group) is 2. The highest BCUT2D eigenvalue weighted by atomic mass is 16.5. The molecule has 0 heterocycles. The van der Waals surface area contributed by atoms with Crippen LogP contribution in [0.3, 0.4) is 0 Å². The van der Waals surface area contributed by atoms with E-state index < -0.39 is 18.5 Å². The highest BCUT2D eigenvalue weighted by molar-refractivity contribution is 5.89. The van der Waals surface area contributed by atoms with Crippen molar-refractivity contribution in [1.82, 2.24) is 9.80 Å². The van der Waals surface area contributed by atoms with Gasteiger partial charge in [-0.3, -0.25) is 19.2 Å². The maximum Gasteiger partial charge on any atom is 0.310 e. The molecule has 0 radical (unpaired) electrons. The molecule has 1 aromatic carbocycles. The van der Waals surface area contributed by atoms with Crippen LogP contribution < -0.4 is 5.32 Å². The minimum Gasteiger partial charge on any atom is -0.455 e. The van der Waals surface area contributed by atoms with E-state index in [9.17, 15) is 19.2 Å². The van der Waals surface area contributed by atoms with Crippen LogP contribution in [0.4, 0.5) is 5.69 Å². The quantitative estimate of drug-likeness (QED) is 0.649. The molecule has 0 aliphatic carbocycles. The molecular weight excluding hydrogens is 350 g/mol. The summed E-state index contributed by atoms with van der Waals surface area (Å²) in [7, 11) is 1.50. The fourth-order valence-electron chi connectivity index (χ4n) is 2.35. The molecule has 0 saturated heterocycles. The van der Waals surface area contributed by atoms with E-state index in [0.717, 1.165) is 0 Å². The van der Waals surface area contributed by atoms with Gasteiger partial charge in [0.2, 0.25) is 11.8 Å². The van der Waals surface area contributed by atoms with Crippen LogP contribution in [0.15, 0.2) is 24.3 Å². The van der Waals surface area contributed by atoms with E-state index in [1.165, 1.54) is 18.9 Å². The molecule has 0 spiro atoms. The van der Waals surface area contributed by atoms with E-state index in [2.05, 4.69) is 5.32 Å². The maximum absolute atomic E-state index is 12.0. The van der Waals surface area contributed by atoms with Gasteiger partial charge in [0.05, 0.1) is 13.0 Å². The van der Waals surface area contributed by atoms with Crippen molar-refractivity contribution in [3.05, 3.63) is 29.8 Å². The van der Waals surface area contributed by atoms with E-state index in [-0.39, 0.29) is 24.8 Å². The summed E-state index contributed by atoms with van der Waals surface area (Å²) in [5, 5.41) is 2.63. The molecule has 27 heavy (non-hydrogen) atoms. The highest BCUT2D eigenvalue weighted by Gasteiger charge is 2.18. The van der Waals surface area contributed by atoms with Crippen LogP contribution in [-0.4, -0.2) is 66.8 Å². The molecule has 1 N–H and O–H groups in total. The first-order valence-corrected chi connectivity index (χ1v) is 8.80. The Kier molecular flexibility index (Phi) is 8.98. The number of rotatable bonds is 9. The van der Waals surface area contributed by atoms with Gasteiger partial charge in [0.1, 0.15) is 0 Å². The Morgan fingerprint density at radius 3 is 2.11 bits per heavy atom. The number of carbonyl (C=O) groups is 4. The summed E-state index contributed by atoms with van der Waals surface area (Å²) in [4.78, 5) is 49.7. The number of hydrogen-bond donors (Lipinski definition) is 1. The zero-order valence-corrected chi connectivity index (χ0v) is 16.3. The fraction of sp³-hybridized carbons (Fsp3) is 0.474. The second-order valence-corrected chi connectivity index (χ2v) is 6.03. The topological polar surface area (TPSA) is 96.0 Å². The van der Waals surface area contributed by atoms with Crippen molar-refractivity contribution >= 4 is 29.4 Å². The number of anilines is 1. The van der Waals surface area contributed by atoms with Crippen LogP contribution >= 0.6 is 0 Å². The van der Waals surface area contributed by atoms with Crippen molar-refractivity contribution in [2.75, 3.05) is 38.6 Å². The molecule has 148 valence electrons. The zero-order valence-electron chi connectivity index (χ0n) is 16.3. The van der Waals surface area contributed by atoms with E-state index >= 15 is 0 Å². The molecule has 8 nitrogen and oxygen atoms in total. The largest absolute Gasteiger partial charge is 0.455 e. The fourth-order valence-corrected chi connectivity index (χ4v) is 2.35. The SMILES string of the molecule is CCN(CC)C(=O)CN(C)C(=O)COC(=O)Cc1ccc(NC(C)=O)cc1. The Labute approximate surface area is 159 Å². The first kappa shape index (κ1) is 22.1.